The summed E-state index contributed by atoms with van der Waals surface area (Å²) in [6.07, 6.45) is 6.77. The van der Waals surface area contributed by atoms with Crippen LogP contribution in [-0.4, -0.2) is 40.9 Å². The molecule has 7 heteroatoms. The number of fused-ring (bicyclic) bond motifs is 1. The van der Waals surface area contributed by atoms with E-state index in [2.05, 4.69) is 0 Å². The number of hydrogen-bond acceptors (Lipinski definition) is 5. The number of rotatable bonds is 4. The van der Waals surface area contributed by atoms with Crippen molar-refractivity contribution in [2.45, 2.75) is 51.5 Å². The maximum atomic E-state index is 12.6. The summed E-state index contributed by atoms with van der Waals surface area (Å²) in [5.41, 5.74) is 0.557. The molecule has 2 atom stereocenters. The molecule has 1 amide bonds. The molecule has 0 spiro atoms. The molecule has 7 nitrogen and oxygen atoms in total. The zero-order chi connectivity index (χ0) is 18.7. The molecule has 1 aliphatic heterocycles. The average molecular weight is 360 g/mol. The van der Waals surface area contributed by atoms with E-state index in [1.54, 1.807) is 6.92 Å². The molecule has 3 rings (SSSR count). The maximum Gasteiger partial charge on any atom is 0.338 e. The van der Waals surface area contributed by atoms with Crippen molar-refractivity contribution >= 4 is 17.6 Å². The normalized spacial score (nSPS) is 22.4. The molecular formula is C19H24N2O5. The number of esters is 1. The molecule has 1 aromatic carbocycles. The van der Waals surface area contributed by atoms with Crippen molar-refractivity contribution in [2.24, 2.45) is 5.92 Å². The maximum absolute atomic E-state index is 12.6. The minimum atomic E-state index is -0.631. The van der Waals surface area contributed by atoms with Gasteiger partial charge in [-0.3, -0.25) is 14.9 Å². The van der Waals surface area contributed by atoms with Crippen molar-refractivity contribution in [3.63, 3.8) is 0 Å². The number of hydrogen-bond donors (Lipinski definition) is 0. The second kappa shape index (κ2) is 7.85. The van der Waals surface area contributed by atoms with Crippen molar-refractivity contribution in [1.29, 1.82) is 0 Å². The van der Waals surface area contributed by atoms with E-state index in [9.17, 15) is 19.7 Å². The lowest BCUT2D eigenvalue weighted by Crippen LogP contribution is -2.50. The number of likely N-dealkylation sites (tertiary alicyclic amines) is 1. The molecule has 0 N–H and O–H groups in total. The lowest BCUT2D eigenvalue weighted by atomic mass is 9.78. The summed E-state index contributed by atoms with van der Waals surface area (Å²) in [4.78, 5) is 37.0. The van der Waals surface area contributed by atoms with E-state index in [1.807, 2.05) is 4.90 Å². The van der Waals surface area contributed by atoms with Crippen molar-refractivity contribution < 1.29 is 19.2 Å². The zero-order valence-electron chi connectivity index (χ0n) is 15.0. The quantitative estimate of drug-likeness (QED) is 0.467. The minimum absolute atomic E-state index is 0.0470. The van der Waals surface area contributed by atoms with Gasteiger partial charge in [0, 0.05) is 24.2 Å². The van der Waals surface area contributed by atoms with Crippen LogP contribution in [0.2, 0.25) is 0 Å². The molecular weight excluding hydrogens is 336 g/mol. The fourth-order valence-corrected chi connectivity index (χ4v) is 4.22. The van der Waals surface area contributed by atoms with Gasteiger partial charge >= 0.3 is 5.97 Å². The molecule has 1 saturated heterocycles. The first-order valence-corrected chi connectivity index (χ1v) is 9.19. The molecule has 1 heterocycles. The van der Waals surface area contributed by atoms with Crippen molar-refractivity contribution in [3.05, 3.63) is 39.4 Å². The standard InChI is InChI=1S/C19H24N2O5/c1-13-11-15(8-9-16(13)21(24)25)19(23)26-12-18(22)20-10-4-6-14-5-2-3-7-17(14)20/h8-9,11,14,17H,2-7,10,12H2,1H3/t14-,17-/m1/s1. The Balaban J connectivity index is 1.59. The number of nitrogens with zero attached hydrogens (tertiary/aromatic N) is 2. The van der Waals surface area contributed by atoms with E-state index in [0.717, 1.165) is 25.8 Å². The van der Waals surface area contributed by atoms with E-state index in [1.165, 1.54) is 37.5 Å². The second-order valence-corrected chi connectivity index (χ2v) is 7.18. The van der Waals surface area contributed by atoms with Gasteiger partial charge in [-0.15, -0.1) is 0 Å². The molecule has 0 radical (unpaired) electrons. The van der Waals surface area contributed by atoms with Gasteiger partial charge in [-0.2, -0.15) is 0 Å². The predicted molar refractivity (Wildman–Crippen MR) is 94.8 cm³/mol. The van der Waals surface area contributed by atoms with Crippen LogP contribution >= 0.6 is 0 Å². The second-order valence-electron chi connectivity index (χ2n) is 7.18. The van der Waals surface area contributed by atoms with Crippen molar-refractivity contribution in [1.82, 2.24) is 4.90 Å². The number of carbonyl (C=O) groups is 2. The largest absolute Gasteiger partial charge is 0.452 e. The van der Waals surface area contributed by atoms with Crippen LogP contribution in [0.5, 0.6) is 0 Å². The number of nitro groups is 1. The third-order valence-corrected chi connectivity index (χ3v) is 5.52. The van der Waals surface area contributed by atoms with Crippen LogP contribution in [0.25, 0.3) is 0 Å². The SMILES string of the molecule is Cc1cc(C(=O)OCC(=O)N2CCC[C@H]3CCCC[C@H]32)ccc1[N+](=O)[O-]. The summed E-state index contributed by atoms with van der Waals surface area (Å²) in [5.74, 6) is -0.198. The average Bonchev–Trinajstić information content (AvgIpc) is 2.65. The Hall–Kier alpha value is -2.44. The highest BCUT2D eigenvalue weighted by atomic mass is 16.6. The molecule has 0 bridgehead atoms. The van der Waals surface area contributed by atoms with Gasteiger partial charge < -0.3 is 9.64 Å². The number of piperidine rings is 1. The lowest BCUT2D eigenvalue weighted by molar-refractivity contribution is -0.385. The summed E-state index contributed by atoms with van der Waals surface area (Å²) >= 11 is 0. The summed E-state index contributed by atoms with van der Waals surface area (Å²) in [6.45, 7) is 2.02. The van der Waals surface area contributed by atoms with E-state index in [-0.39, 0.29) is 29.8 Å². The Morgan fingerprint density at radius 1 is 1.23 bits per heavy atom. The highest BCUT2D eigenvalue weighted by molar-refractivity contribution is 5.92. The molecule has 26 heavy (non-hydrogen) atoms. The first-order valence-electron chi connectivity index (χ1n) is 9.19. The van der Waals surface area contributed by atoms with Crippen LogP contribution in [0.15, 0.2) is 18.2 Å². The van der Waals surface area contributed by atoms with Crippen LogP contribution in [0, 0.1) is 23.0 Å². The van der Waals surface area contributed by atoms with Gasteiger partial charge in [0.15, 0.2) is 6.61 Å². The highest BCUT2D eigenvalue weighted by Crippen LogP contribution is 2.35. The van der Waals surface area contributed by atoms with Crippen molar-refractivity contribution in [3.8, 4) is 0 Å². The monoisotopic (exact) mass is 360 g/mol. The first-order chi connectivity index (χ1) is 12.5. The molecule has 140 valence electrons. The Kier molecular flexibility index (Phi) is 5.54. The topological polar surface area (TPSA) is 89.8 Å². The van der Waals surface area contributed by atoms with Gasteiger partial charge in [-0.25, -0.2) is 4.79 Å². The smallest absolute Gasteiger partial charge is 0.338 e. The number of aryl methyl sites for hydroxylation is 1. The van der Waals surface area contributed by atoms with Gasteiger partial charge in [0.25, 0.3) is 11.6 Å². The zero-order valence-corrected chi connectivity index (χ0v) is 15.0. The molecule has 2 aliphatic rings. The summed E-state index contributed by atoms with van der Waals surface area (Å²) in [6, 6.07) is 4.34. The summed E-state index contributed by atoms with van der Waals surface area (Å²) in [5, 5.41) is 10.8. The van der Waals surface area contributed by atoms with E-state index < -0.39 is 10.9 Å². The third kappa shape index (κ3) is 3.86. The predicted octanol–water partition coefficient (Wildman–Crippen LogP) is 3.24. The minimum Gasteiger partial charge on any atom is -0.452 e. The number of carbonyl (C=O) groups excluding carboxylic acids is 2. The molecule has 0 unspecified atom stereocenters. The third-order valence-electron chi connectivity index (χ3n) is 5.52. The molecule has 0 aromatic heterocycles. The van der Waals surface area contributed by atoms with Crippen LogP contribution in [0.4, 0.5) is 5.69 Å². The molecule has 2 fully saturated rings. The van der Waals surface area contributed by atoms with Crippen LogP contribution in [0.1, 0.15) is 54.4 Å². The Bertz CT molecular complexity index is 716. The van der Waals surface area contributed by atoms with Crippen LogP contribution in [0.3, 0.4) is 0 Å². The van der Waals surface area contributed by atoms with Crippen LogP contribution in [-0.2, 0) is 9.53 Å². The number of benzene rings is 1. The van der Waals surface area contributed by atoms with Gasteiger partial charge in [0.1, 0.15) is 0 Å². The Labute approximate surface area is 152 Å². The Morgan fingerprint density at radius 3 is 2.69 bits per heavy atom. The van der Waals surface area contributed by atoms with Gasteiger partial charge in [-0.05, 0) is 50.7 Å². The van der Waals surface area contributed by atoms with Gasteiger partial charge in [0.2, 0.25) is 0 Å². The highest BCUT2D eigenvalue weighted by Gasteiger charge is 2.35. The van der Waals surface area contributed by atoms with E-state index in [4.69, 9.17) is 4.74 Å². The van der Waals surface area contributed by atoms with E-state index in [0.29, 0.717) is 11.5 Å². The summed E-state index contributed by atoms with van der Waals surface area (Å²) in [7, 11) is 0. The fraction of sp³-hybridized carbons (Fsp3) is 0.579. The fourth-order valence-electron chi connectivity index (χ4n) is 4.22. The molecule has 1 saturated carbocycles. The van der Waals surface area contributed by atoms with Crippen LogP contribution < -0.4 is 0 Å². The van der Waals surface area contributed by atoms with Gasteiger partial charge in [0.05, 0.1) is 10.5 Å². The molecule has 1 aromatic rings. The van der Waals surface area contributed by atoms with Crippen molar-refractivity contribution in [2.75, 3.05) is 13.2 Å². The Morgan fingerprint density at radius 2 is 1.96 bits per heavy atom. The first kappa shape index (κ1) is 18.4. The number of nitro benzene ring substituents is 1. The van der Waals surface area contributed by atoms with E-state index >= 15 is 0 Å². The van der Waals surface area contributed by atoms with Gasteiger partial charge in [-0.1, -0.05) is 12.8 Å². The number of ether oxygens (including phenoxy) is 1. The lowest BCUT2D eigenvalue weighted by Gasteiger charge is -2.44. The summed E-state index contributed by atoms with van der Waals surface area (Å²) < 4.78 is 5.18. The molecule has 1 aliphatic carbocycles. The number of amides is 1.